The number of thiophene rings is 2. The molecule has 0 spiro atoms. The van der Waals surface area contributed by atoms with Crippen LogP contribution in [0.5, 0.6) is 0 Å². The molecule has 0 radical (unpaired) electrons. The number of H-pyrrole nitrogens is 1. The lowest BCUT2D eigenvalue weighted by molar-refractivity contribution is -0.113. The number of carbonyl (C=O) groups is 3. The first-order chi connectivity index (χ1) is 13.9. The number of rotatable bonds is 7. The third-order valence-corrected chi connectivity index (χ3v) is 6.62. The standard InChI is InChI=1S/C17H16N4O5S3/c1-8-11(15(23)25-2)14(29-12(8)16(24)26-3)18-10(22)7-28-17-19-13(20-21-17)9-5-4-6-27-9/h4-6H,7H2,1-3H3,(H,18,22)(H,19,20,21). The van der Waals surface area contributed by atoms with Crippen molar-refractivity contribution in [2.45, 2.75) is 12.1 Å². The summed E-state index contributed by atoms with van der Waals surface area (Å²) in [5.74, 6) is -0.958. The summed E-state index contributed by atoms with van der Waals surface area (Å²) in [6, 6.07) is 3.83. The highest BCUT2D eigenvalue weighted by Gasteiger charge is 2.26. The van der Waals surface area contributed by atoms with Crippen molar-refractivity contribution in [2.75, 3.05) is 25.3 Å². The minimum Gasteiger partial charge on any atom is -0.465 e. The van der Waals surface area contributed by atoms with E-state index in [1.807, 2.05) is 17.5 Å². The third kappa shape index (κ3) is 4.66. The number of esters is 2. The van der Waals surface area contributed by atoms with Gasteiger partial charge in [-0.05, 0) is 23.9 Å². The van der Waals surface area contributed by atoms with Crippen LogP contribution >= 0.6 is 34.4 Å². The van der Waals surface area contributed by atoms with Gasteiger partial charge in [0.25, 0.3) is 0 Å². The molecule has 12 heteroatoms. The Hall–Kier alpha value is -2.70. The average Bonchev–Trinajstić information content (AvgIpc) is 3.45. The maximum absolute atomic E-state index is 12.4. The monoisotopic (exact) mass is 452 g/mol. The van der Waals surface area contributed by atoms with E-state index in [9.17, 15) is 14.4 Å². The van der Waals surface area contributed by atoms with Gasteiger partial charge < -0.3 is 14.8 Å². The number of nitrogens with zero attached hydrogens (tertiary/aromatic N) is 2. The van der Waals surface area contributed by atoms with Crippen molar-refractivity contribution in [3.8, 4) is 10.7 Å². The number of hydrogen-bond acceptors (Lipinski definition) is 10. The van der Waals surface area contributed by atoms with Crippen molar-refractivity contribution in [3.63, 3.8) is 0 Å². The van der Waals surface area contributed by atoms with E-state index < -0.39 is 11.9 Å². The Morgan fingerprint density at radius 2 is 2.00 bits per heavy atom. The summed E-state index contributed by atoms with van der Waals surface area (Å²) < 4.78 is 9.49. The topological polar surface area (TPSA) is 123 Å². The molecule has 3 rings (SSSR count). The highest BCUT2D eigenvalue weighted by Crippen LogP contribution is 2.34. The molecular weight excluding hydrogens is 436 g/mol. The zero-order valence-electron chi connectivity index (χ0n) is 15.6. The van der Waals surface area contributed by atoms with E-state index in [0.717, 1.165) is 28.0 Å². The molecule has 0 atom stereocenters. The molecule has 152 valence electrons. The van der Waals surface area contributed by atoms with Gasteiger partial charge >= 0.3 is 11.9 Å². The van der Waals surface area contributed by atoms with E-state index in [1.165, 1.54) is 25.6 Å². The molecule has 0 unspecified atom stereocenters. The first kappa shape index (κ1) is 21.0. The highest BCUT2D eigenvalue weighted by atomic mass is 32.2. The number of methoxy groups -OCH3 is 2. The fourth-order valence-corrected chi connectivity index (χ4v) is 4.76. The van der Waals surface area contributed by atoms with Crippen molar-refractivity contribution in [1.29, 1.82) is 0 Å². The number of anilines is 1. The minimum atomic E-state index is -0.647. The molecule has 0 aliphatic carbocycles. The Morgan fingerprint density at radius 1 is 1.24 bits per heavy atom. The minimum absolute atomic E-state index is 0.0207. The number of ether oxygens (including phenoxy) is 2. The molecular formula is C17H16N4O5S3. The Labute approximate surface area is 177 Å². The molecule has 0 saturated carbocycles. The molecule has 3 aromatic rings. The SMILES string of the molecule is COC(=O)c1sc(NC(=O)CSc2n[nH]c(-c3cccs3)n2)c(C(=O)OC)c1C. The van der Waals surface area contributed by atoms with Gasteiger partial charge in [0.15, 0.2) is 5.82 Å². The van der Waals surface area contributed by atoms with E-state index >= 15 is 0 Å². The molecule has 3 aromatic heterocycles. The van der Waals surface area contributed by atoms with Crippen LogP contribution < -0.4 is 5.32 Å². The van der Waals surface area contributed by atoms with Gasteiger partial charge in [-0.2, -0.15) is 0 Å². The maximum atomic E-state index is 12.4. The van der Waals surface area contributed by atoms with Gasteiger partial charge in [-0.3, -0.25) is 9.89 Å². The molecule has 29 heavy (non-hydrogen) atoms. The van der Waals surface area contributed by atoms with Crippen LogP contribution in [-0.4, -0.2) is 53.0 Å². The third-order valence-electron chi connectivity index (χ3n) is 3.71. The largest absolute Gasteiger partial charge is 0.465 e. The molecule has 9 nitrogen and oxygen atoms in total. The van der Waals surface area contributed by atoms with Gasteiger partial charge in [0, 0.05) is 0 Å². The predicted octanol–water partition coefficient (Wildman–Crippen LogP) is 3.21. The molecule has 0 fully saturated rings. The summed E-state index contributed by atoms with van der Waals surface area (Å²) in [6.45, 7) is 1.60. The lowest BCUT2D eigenvalue weighted by Crippen LogP contribution is -2.16. The molecule has 0 aliphatic heterocycles. The van der Waals surface area contributed by atoms with Crippen LogP contribution in [0.2, 0.25) is 0 Å². The highest BCUT2D eigenvalue weighted by molar-refractivity contribution is 7.99. The Bertz CT molecular complexity index is 1040. The molecule has 0 saturated heterocycles. The Kier molecular flexibility index (Phi) is 6.67. The lowest BCUT2D eigenvalue weighted by Gasteiger charge is -2.05. The Balaban J connectivity index is 1.70. The van der Waals surface area contributed by atoms with Crippen LogP contribution in [0.3, 0.4) is 0 Å². The van der Waals surface area contributed by atoms with E-state index in [4.69, 9.17) is 9.47 Å². The number of nitrogens with one attached hydrogen (secondary N) is 2. The number of aromatic nitrogens is 3. The van der Waals surface area contributed by atoms with Crippen molar-refractivity contribution in [2.24, 2.45) is 0 Å². The van der Waals surface area contributed by atoms with Crippen LogP contribution in [0, 0.1) is 6.92 Å². The molecule has 0 aliphatic rings. The lowest BCUT2D eigenvalue weighted by atomic mass is 10.1. The zero-order valence-corrected chi connectivity index (χ0v) is 18.0. The number of amides is 1. The van der Waals surface area contributed by atoms with E-state index in [1.54, 1.807) is 6.92 Å². The summed E-state index contributed by atoms with van der Waals surface area (Å²) >= 11 is 3.63. The number of carbonyl (C=O) groups excluding carboxylic acids is 3. The van der Waals surface area contributed by atoms with Gasteiger partial charge in [0.2, 0.25) is 11.1 Å². The quantitative estimate of drug-likeness (QED) is 0.414. The number of aromatic amines is 1. The summed E-state index contributed by atoms with van der Waals surface area (Å²) in [5, 5.41) is 12.2. The zero-order chi connectivity index (χ0) is 21.0. The summed E-state index contributed by atoms with van der Waals surface area (Å²) in [7, 11) is 2.47. The van der Waals surface area contributed by atoms with E-state index in [-0.39, 0.29) is 27.1 Å². The van der Waals surface area contributed by atoms with Crippen molar-refractivity contribution in [3.05, 3.63) is 33.5 Å². The van der Waals surface area contributed by atoms with Gasteiger partial charge in [0.05, 0.1) is 30.4 Å². The first-order valence-corrected chi connectivity index (χ1v) is 10.8. The normalized spacial score (nSPS) is 10.6. The second kappa shape index (κ2) is 9.20. The van der Waals surface area contributed by atoms with E-state index in [0.29, 0.717) is 16.5 Å². The maximum Gasteiger partial charge on any atom is 0.348 e. The van der Waals surface area contributed by atoms with E-state index in [2.05, 4.69) is 20.5 Å². The van der Waals surface area contributed by atoms with Crippen LogP contribution in [0.15, 0.2) is 22.7 Å². The average molecular weight is 453 g/mol. The van der Waals surface area contributed by atoms with Crippen molar-refractivity contribution in [1.82, 2.24) is 15.2 Å². The first-order valence-electron chi connectivity index (χ1n) is 8.13. The summed E-state index contributed by atoms with van der Waals surface area (Å²) in [4.78, 5) is 41.9. The molecule has 1 amide bonds. The van der Waals surface area contributed by atoms with Gasteiger partial charge in [0.1, 0.15) is 9.88 Å². The van der Waals surface area contributed by atoms with Gasteiger partial charge in [-0.15, -0.1) is 27.8 Å². The number of hydrogen-bond donors (Lipinski definition) is 2. The number of thioether (sulfide) groups is 1. The molecule has 0 aromatic carbocycles. The molecule has 3 heterocycles. The van der Waals surface area contributed by atoms with Crippen molar-refractivity contribution >= 4 is 57.3 Å². The van der Waals surface area contributed by atoms with Crippen LogP contribution in [0.4, 0.5) is 5.00 Å². The fourth-order valence-electron chi connectivity index (χ4n) is 2.36. The van der Waals surface area contributed by atoms with Crippen molar-refractivity contribution < 1.29 is 23.9 Å². The summed E-state index contributed by atoms with van der Waals surface area (Å²) in [5.41, 5.74) is 0.528. The van der Waals surface area contributed by atoms with Crippen LogP contribution in [0.25, 0.3) is 10.7 Å². The van der Waals surface area contributed by atoms with Gasteiger partial charge in [-0.25, -0.2) is 14.6 Å². The van der Waals surface area contributed by atoms with Crippen LogP contribution in [-0.2, 0) is 14.3 Å². The second-order valence-corrected chi connectivity index (χ2v) is 8.44. The second-order valence-electron chi connectivity index (χ2n) is 5.52. The smallest absolute Gasteiger partial charge is 0.348 e. The molecule has 0 bridgehead atoms. The Morgan fingerprint density at radius 3 is 2.66 bits per heavy atom. The summed E-state index contributed by atoms with van der Waals surface area (Å²) in [6.07, 6.45) is 0. The fraction of sp³-hybridized carbons (Fsp3) is 0.235. The predicted molar refractivity (Wildman–Crippen MR) is 111 cm³/mol. The van der Waals surface area contributed by atoms with Crippen LogP contribution in [0.1, 0.15) is 25.6 Å². The van der Waals surface area contributed by atoms with Gasteiger partial charge in [-0.1, -0.05) is 17.8 Å². The molecule has 2 N–H and O–H groups in total.